The van der Waals surface area contributed by atoms with Gasteiger partial charge in [-0.2, -0.15) is 0 Å². The Kier molecular flexibility index (Phi) is 3.19. The first-order valence-corrected chi connectivity index (χ1v) is 5.97. The van der Waals surface area contributed by atoms with Gasteiger partial charge in [-0.05, 0) is 44.0 Å². The maximum Gasteiger partial charge on any atom is 0.193 e. The minimum atomic E-state index is 0.0305. The maximum atomic E-state index is 12.4. The lowest BCUT2D eigenvalue weighted by Gasteiger charge is -2.08. The number of benzene rings is 2. The number of ketones is 1. The number of carbonyl (C=O) groups is 1. The summed E-state index contributed by atoms with van der Waals surface area (Å²) in [5.74, 6) is 0.0305. The fourth-order valence-corrected chi connectivity index (χ4v) is 1.92. The molecule has 0 unspecified atom stereocenters. The molecule has 2 rings (SSSR count). The molecule has 2 nitrogen and oxygen atoms in total. The Hall–Kier alpha value is -2.09. The van der Waals surface area contributed by atoms with Crippen molar-refractivity contribution in [3.8, 4) is 0 Å². The number of anilines is 1. The standard InChI is InChI=1S/C16H17NO/c1-10-4-5-11(2)14(8-10)16(18)13-7-6-12(3)15(17)9-13/h4-9H,17H2,1-3H3. The number of hydrogen-bond acceptors (Lipinski definition) is 2. The molecule has 0 spiro atoms. The monoisotopic (exact) mass is 239 g/mol. The summed E-state index contributed by atoms with van der Waals surface area (Å²) in [5.41, 5.74) is 11.0. The van der Waals surface area contributed by atoms with E-state index in [9.17, 15) is 4.79 Å². The van der Waals surface area contributed by atoms with E-state index in [0.717, 1.165) is 22.3 Å². The van der Waals surface area contributed by atoms with Gasteiger partial charge in [0.25, 0.3) is 0 Å². The predicted molar refractivity (Wildman–Crippen MR) is 74.9 cm³/mol. The highest BCUT2D eigenvalue weighted by atomic mass is 16.1. The van der Waals surface area contributed by atoms with Gasteiger partial charge in [-0.1, -0.05) is 29.8 Å². The molecule has 0 heterocycles. The van der Waals surface area contributed by atoms with Gasteiger partial charge in [-0.25, -0.2) is 0 Å². The highest BCUT2D eigenvalue weighted by molar-refractivity contribution is 6.10. The van der Waals surface area contributed by atoms with Crippen molar-refractivity contribution < 1.29 is 4.79 Å². The first-order chi connectivity index (χ1) is 8.49. The third-order valence-electron chi connectivity index (χ3n) is 3.18. The van der Waals surface area contributed by atoms with E-state index >= 15 is 0 Å². The molecule has 0 bridgehead atoms. The maximum absolute atomic E-state index is 12.4. The smallest absolute Gasteiger partial charge is 0.193 e. The first kappa shape index (κ1) is 12.4. The Morgan fingerprint density at radius 3 is 2.28 bits per heavy atom. The van der Waals surface area contributed by atoms with E-state index in [2.05, 4.69) is 0 Å². The summed E-state index contributed by atoms with van der Waals surface area (Å²) in [7, 11) is 0. The van der Waals surface area contributed by atoms with Crippen LogP contribution in [0.25, 0.3) is 0 Å². The van der Waals surface area contributed by atoms with Crippen molar-refractivity contribution >= 4 is 11.5 Å². The zero-order valence-electron chi connectivity index (χ0n) is 10.9. The van der Waals surface area contributed by atoms with Crippen molar-refractivity contribution in [1.82, 2.24) is 0 Å². The van der Waals surface area contributed by atoms with E-state index in [1.54, 1.807) is 6.07 Å². The highest BCUT2D eigenvalue weighted by Crippen LogP contribution is 2.19. The van der Waals surface area contributed by atoms with Gasteiger partial charge >= 0.3 is 0 Å². The molecule has 0 radical (unpaired) electrons. The third-order valence-corrected chi connectivity index (χ3v) is 3.18. The van der Waals surface area contributed by atoms with E-state index in [1.807, 2.05) is 51.1 Å². The number of rotatable bonds is 2. The van der Waals surface area contributed by atoms with Gasteiger partial charge in [0.2, 0.25) is 0 Å². The number of aryl methyl sites for hydroxylation is 3. The molecule has 0 aliphatic carbocycles. The van der Waals surface area contributed by atoms with Gasteiger partial charge in [-0.3, -0.25) is 4.79 Å². The van der Waals surface area contributed by atoms with Gasteiger partial charge < -0.3 is 5.73 Å². The van der Waals surface area contributed by atoms with Crippen molar-refractivity contribution in [2.24, 2.45) is 0 Å². The molecule has 0 amide bonds. The van der Waals surface area contributed by atoms with E-state index in [-0.39, 0.29) is 5.78 Å². The second-order valence-electron chi connectivity index (χ2n) is 4.72. The first-order valence-electron chi connectivity index (χ1n) is 5.97. The summed E-state index contributed by atoms with van der Waals surface area (Å²) in [6, 6.07) is 11.4. The Bertz CT molecular complexity index is 614. The minimum absolute atomic E-state index is 0.0305. The van der Waals surface area contributed by atoms with Crippen LogP contribution < -0.4 is 5.73 Å². The van der Waals surface area contributed by atoms with Crippen molar-refractivity contribution in [2.45, 2.75) is 20.8 Å². The molecule has 0 aliphatic heterocycles. The predicted octanol–water partition coefficient (Wildman–Crippen LogP) is 3.43. The van der Waals surface area contributed by atoms with E-state index in [1.165, 1.54) is 0 Å². The van der Waals surface area contributed by atoms with Crippen LogP contribution in [0, 0.1) is 20.8 Å². The largest absolute Gasteiger partial charge is 0.398 e. The van der Waals surface area contributed by atoms with Crippen LogP contribution in [0.5, 0.6) is 0 Å². The van der Waals surface area contributed by atoms with Crippen molar-refractivity contribution in [3.63, 3.8) is 0 Å². The van der Waals surface area contributed by atoms with Crippen LogP contribution in [0.3, 0.4) is 0 Å². The average molecular weight is 239 g/mol. The van der Waals surface area contributed by atoms with Crippen LogP contribution in [0.4, 0.5) is 5.69 Å². The topological polar surface area (TPSA) is 43.1 Å². The summed E-state index contributed by atoms with van der Waals surface area (Å²) in [6.07, 6.45) is 0. The van der Waals surface area contributed by atoms with Gasteiger partial charge in [-0.15, -0.1) is 0 Å². The minimum Gasteiger partial charge on any atom is -0.398 e. The van der Waals surface area contributed by atoms with Gasteiger partial charge in [0, 0.05) is 16.8 Å². The lowest BCUT2D eigenvalue weighted by atomic mass is 9.96. The lowest BCUT2D eigenvalue weighted by molar-refractivity contribution is 0.103. The fraction of sp³-hybridized carbons (Fsp3) is 0.188. The van der Waals surface area contributed by atoms with E-state index in [0.29, 0.717) is 11.3 Å². The van der Waals surface area contributed by atoms with Crippen LogP contribution in [0.2, 0.25) is 0 Å². The van der Waals surface area contributed by atoms with Crippen LogP contribution in [-0.4, -0.2) is 5.78 Å². The van der Waals surface area contributed by atoms with Gasteiger partial charge in [0.15, 0.2) is 5.78 Å². The zero-order valence-corrected chi connectivity index (χ0v) is 10.9. The summed E-state index contributed by atoms with van der Waals surface area (Å²) >= 11 is 0. The second-order valence-corrected chi connectivity index (χ2v) is 4.72. The molecule has 0 aliphatic rings. The van der Waals surface area contributed by atoms with E-state index in [4.69, 9.17) is 5.73 Å². The van der Waals surface area contributed by atoms with Crippen molar-refractivity contribution in [3.05, 3.63) is 64.2 Å². The van der Waals surface area contributed by atoms with Crippen LogP contribution in [0.1, 0.15) is 32.6 Å². The molecular formula is C16H17NO. The molecule has 0 aromatic heterocycles. The molecule has 92 valence electrons. The molecule has 0 saturated heterocycles. The molecule has 2 aromatic rings. The summed E-state index contributed by atoms with van der Waals surface area (Å²) in [6.45, 7) is 5.87. The molecular weight excluding hydrogens is 222 g/mol. The average Bonchev–Trinajstić information content (AvgIpc) is 2.35. The van der Waals surface area contributed by atoms with Crippen molar-refractivity contribution in [1.29, 1.82) is 0 Å². The number of nitrogens with two attached hydrogens (primary N) is 1. The second kappa shape index (κ2) is 4.65. The molecule has 18 heavy (non-hydrogen) atoms. The Labute approximate surface area is 107 Å². The van der Waals surface area contributed by atoms with Crippen molar-refractivity contribution in [2.75, 3.05) is 5.73 Å². The van der Waals surface area contributed by atoms with Crippen LogP contribution in [0.15, 0.2) is 36.4 Å². The van der Waals surface area contributed by atoms with Crippen LogP contribution in [-0.2, 0) is 0 Å². The summed E-state index contributed by atoms with van der Waals surface area (Å²) in [5, 5.41) is 0. The molecule has 2 N–H and O–H groups in total. The van der Waals surface area contributed by atoms with Gasteiger partial charge in [0.1, 0.15) is 0 Å². The summed E-state index contributed by atoms with van der Waals surface area (Å²) < 4.78 is 0. The number of hydrogen-bond donors (Lipinski definition) is 1. The zero-order chi connectivity index (χ0) is 13.3. The Balaban J connectivity index is 2.47. The third kappa shape index (κ3) is 2.28. The SMILES string of the molecule is Cc1ccc(C)c(C(=O)c2ccc(C)c(N)c2)c1. The fourth-order valence-electron chi connectivity index (χ4n) is 1.92. The highest BCUT2D eigenvalue weighted by Gasteiger charge is 2.12. The summed E-state index contributed by atoms with van der Waals surface area (Å²) in [4.78, 5) is 12.4. The molecule has 0 fully saturated rings. The molecule has 0 saturated carbocycles. The molecule has 2 heteroatoms. The number of carbonyl (C=O) groups excluding carboxylic acids is 1. The Morgan fingerprint density at radius 1 is 0.944 bits per heavy atom. The van der Waals surface area contributed by atoms with Gasteiger partial charge in [0.05, 0.1) is 0 Å². The molecule has 0 atom stereocenters. The van der Waals surface area contributed by atoms with Crippen LogP contribution >= 0.6 is 0 Å². The normalized spacial score (nSPS) is 10.4. The molecule has 2 aromatic carbocycles. The quantitative estimate of drug-likeness (QED) is 0.644. The number of nitrogen functional groups attached to an aromatic ring is 1. The Morgan fingerprint density at radius 2 is 1.61 bits per heavy atom. The lowest BCUT2D eigenvalue weighted by Crippen LogP contribution is -2.05. The van der Waals surface area contributed by atoms with E-state index < -0.39 is 0 Å².